The van der Waals surface area contributed by atoms with Crippen LogP contribution in [0.5, 0.6) is 0 Å². The zero-order valence-corrected chi connectivity index (χ0v) is 11.1. The molecule has 1 aliphatic heterocycles. The van der Waals surface area contributed by atoms with Gasteiger partial charge in [0.25, 0.3) is 0 Å². The molecule has 1 rings (SSSR count). The molecule has 3 nitrogen and oxygen atoms in total. The molecule has 0 radical (unpaired) electrons. The van der Waals surface area contributed by atoms with Gasteiger partial charge in [-0.1, -0.05) is 13.8 Å². The van der Waals surface area contributed by atoms with Crippen LogP contribution >= 0.6 is 0 Å². The number of aliphatic hydroxyl groups excluding tert-OH is 1. The van der Waals surface area contributed by atoms with E-state index in [9.17, 15) is 5.11 Å². The second-order valence-electron chi connectivity index (χ2n) is 5.58. The first kappa shape index (κ1) is 13.9. The third-order valence-corrected chi connectivity index (χ3v) is 3.13. The van der Waals surface area contributed by atoms with Gasteiger partial charge >= 0.3 is 0 Å². The molecule has 0 saturated carbocycles. The van der Waals surface area contributed by atoms with Crippen LogP contribution in [0.25, 0.3) is 0 Å². The molecule has 0 aliphatic carbocycles. The third-order valence-electron chi connectivity index (χ3n) is 3.13. The summed E-state index contributed by atoms with van der Waals surface area (Å²) in [6.07, 6.45) is 3.34. The molecule has 3 heteroatoms. The fourth-order valence-electron chi connectivity index (χ4n) is 2.37. The zero-order valence-electron chi connectivity index (χ0n) is 11.1. The van der Waals surface area contributed by atoms with E-state index in [2.05, 4.69) is 24.1 Å². The first-order valence-corrected chi connectivity index (χ1v) is 6.71. The second kappa shape index (κ2) is 7.25. The minimum absolute atomic E-state index is 0.175. The number of rotatable bonds is 7. The highest BCUT2D eigenvalue weighted by Crippen LogP contribution is 2.09. The van der Waals surface area contributed by atoms with Gasteiger partial charge in [0.05, 0.1) is 6.10 Å². The molecular formula is C13H28N2O. The lowest BCUT2D eigenvalue weighted by molar-refractivity contribution is 0.145. The molecule has 96 valence electrons. The Balaban J connectivity index is 2.29. The maximum absolute atomic E-state index is 9.35. The Hall–Kier alpha value is -0.120. The van der Waals surface area contributed by atoms with Crippen LogP contribution in [0, 0.1) is 5.92 Å². The van der Waals surface area contributed by atoms with Crippen molar-refractivity contribution in [2.24, 2.45) is 5.92 Å². The summed E-state index contributed by atoms with van der Waals surface area (Å²) in [4.78, 5) is 2.50. The third kappa shape index (κ3) is 5.83. The molecule has 16 heavy (non-hydrogen) atoms. The lowest BCUT2D eigenvalue weighted by Gasteiger charge is -2.27. The molecule has 1 saturated heterocycles. The van der Waals surface area contributed by atoms with Crippen molar-refractivity contribution in [2.75, 3.05) is 26.2 Å². The molecule has 1 fully saturated rings. The van der Waals surface area contributed by atoms with E-state index in [0.29, 0.717) is 12.0 Å². The van der Waals surface area contributed by atoms with Crippen LogP contribution in [0.3, 0.4) is 0 Å². The summed E-state index contributed by atoms with van der Waals surface area (Å²) in [5.41, 5.74) is 0. The second-order valence-corrected chi connectivity index (χ2v) is 5.58. The average Bonchev–Trinajstić information content (AvgIpc) is 2.66. The maximum atomic E-state index is 9.35. The quantitative estimate of drug-likeness (QED) is 0.692. The van der Waals surface area contributed by atoms with Crippen molar-refractivity contribution in [3.05, 3.63) is 0 Å². The van der Waals surface area contributed by atoms with E-state index in [1.165, 1.54) is 19.4 Å². The topological polar surface area (TPSA) is 35.5 Å². The van der Waals surface area contributed by atoms with Gasteiger partial charge < -0.3 is 15.3 Å². The number of hydrogen-bond donors (Lipinski definition) is 2. The predicted octanol–water partition coefficient (Wildman–Crippen LogP) is 1.47. The zero-order chi connectivity index (χ0) is 12.0. The van der Waals surface area contributed by atoms with Crippen LogP contribution in [0.15, 0.2) is 0 Å². The summed E-state index contributed by atoms with van der Waals surface area (Å²) in [6.45, 7) is 10.9. The Morgan fingerprint density at radius 3 is 2.62 bits per heavy atom. The molecule has 0 spiro atoms. The van der Waals surface area contributed by atoms with Gasteiger partial charge in [-0.05, 0) is 38.6 Å². The van der Waals surface area contributed by atoms with Crippen molar-refractivity contribution in [3.8, 4) is 0 Å². The average molecular weight is 228 g/mol. The van der Waals surface area contributed by atoms with Crippen LogP contribution < -0.4 is 5.32 Å². The fourth-order valence-corrected chi connectivity index (χ4v) is 2.37. The van der Waals surface area contributed by atoms with E-state index < -0.39 is 0 Å². The Kier molecular flexibility index (Phi) is 6.32. The number of hydrogen-bond acceptors (Lipinski definition) is 3. The summed E-state index contributed by atoms with van der Waals surface area (Å²) < 4.78 is 0. The molecule has 0 aromatic carbocycles. The molecule has 0 aromatic rings. The van der Waals surface area contributed by atoms with Crippen molar-refractivity contribution >= 4 is 0 Å². The molecule has 0 amide bonds. The van der Waals surface area contributed by atoms with E-state index in [1.807, 2.05) is 6.92 Å². The van der Waals surface area contributed by atoms with Gasteiger partial charge in [0, 0.05) is 25.7 Å². The van der Waals surface area contributed by atoms with Gasteiger partial charge in [0.2, 0.25) is 0 Å². The standard InChI is InChI=1S/C13H28N2O/c1-11(2)9-15(8-6-12(3)16)10-13-5-4-7-14-13/h11-14,16H,4-10H2,1-3H3. The molecule has 2 atom stereocenters. The SMILES string of the molecule is CC(C)CN(CCC(C)O)CC1CCCN1. The largest absolute Gasteiger partial charge is 0.393 e. The molecule has 0 bridgehead atoms. The van der Waals surface area contributed by atoms with Crippen LogP contribution in [0.4, 0.5) is 0 Å². The van der Waals surface area contributed by atoms with Gasteiger partial charge in [0.1, 0.15) is 0 Å². The van der Waals surface area contributed by atoms with Crippen molar-refractivity contribution in [2.45, 2.75) is 52.2 Å². The summed E-state index contributed by atoms with van der Waals surface area (Å²) in [7, 11) is 0. The molecule has 2 unspecified atom stereocenters. The fraction of sp³-hybridized carbons (Fsp3) is 1.00. The normalized spacial score (nSPS) is 23.2. The van der Waals surface area contributed by atoms with E-state index in [4.69, 9.17) is 0 Å². The van der Waals surface area contributed by atoms with E-state index >= 15 is 0 Å². The van der Waals surface area contributed by atoms with Gasteiger partial charge in [-0.2, -0.15) is 0 Å². The molecule has 2 N–H and O–H groups in total. The minimum atomic E-state index is -0.175. The van der Waals surface area contributed by atoms with Crippen molar-refractivity contribution in [1.82, 2.24) is 10.2 Å². The van der Waals surface area contributed by atoms with Crippen LogP contribution in [0.1, 0.15) is 40.0 Å². The maximum Gasteiger partial charge on any atom is 0.0524 e. The van der Waals surface area contributed by atoms with Crippen LogP contribution in [-0.2, 0) is 0 Å². The highest BCUT2D eigenvalue weighted by atomic mass is 16.3. The number of aliphatic hydroxyl groups is 1. The van der Waals surface area contributed by atoms with Gasteiger partial charge in [0.15, 0.2) is 0 Å². The predicted molar refractivity (Wildman–Crippen MR) is 68.6 cm³/mol. The first-order chi connectivity index (χ1) is 7.58. The Morgan fingerprint density at radius 1 is 1.38 bits per heavy atom. The van der Waals surface area contributed by atoms with Gasteiger partial charge in [-0.25, -0.2) is 0 Å². The summed E-state index contributed by atoms with van der Waals surface area (Å²) >= 11 is 0. The highest BCUT2D eigenvalue weighted by Gasteiger charge is 2.18. The minimum Gasteiger partial charge on any atom is -0.393 e. The molecule has 0 aromatic heterocycles. The Bertz CT molecular complexity index is 177. The van der Waals surface area contributed by atoms with Crippen LogP contribution in [0.2, 0.25) is 0 Å². The smallest absolute Gasteiger partial charge is 0.0524 e. The van der Waals surface area contributed by atoms with Gasteiger partial charge in [-0.15, -0.1) is 0 Å². The van der Waals surface area contributed by atoms with E-state index in [-0.39, 0.29) is 6.10 Å². The Morgan fingerprint density at radius 2 is 2.12 bits per heavy atom. The lowest BCUT2D eigenvalue weighted by atomic mass is 10.1. The van der Waals surface area contributed by atoms with Crippen molar-refractivity contribution in [3.63, 3.8) is 0 Å². The van der Waals surface area contributed by atoms with Crippen molar-refractivity contribution in [1.29, 1.82) is 0 Å². The number of nitrogens with one attached hydrogen (secondary N) is 1. The monoisotopic (exact) mass is 228 g/mol. The summed E-state index contributed by atoms with van der Waals surface area (Å²) in [6, 6.07) is 0.674. The van der Waals surface area contributed by atoms with Crippen LogP contribution in [-0.4, -0.2) is 48.3 Å². The first-order valence-electron chi connectivity index (χ1n) is 6.71. The van der Waals surface area contributed by atoms with Crippen molar-refractivity contribution < 1.29 is 5.11 Å². The molecular weight excluding hydrogens is 200 g/mol. The summed E-state index contributed by atoms with van der Waals surface area (Å²) in [5, 5.41) is 12.9. The van der Waals surface area contributed by atoms with E-state index in [0.717, 1.165) is 26.1 Å². The highest BCUT2D eigenvalue weighted by molar-refractivity contribution is 4.78. The van der Waals surface area contributed by atoms with Gasteiger partial charge in [-0.3, -0.25) is 0 Å². The molecule has 1 aliphatic rings. The molecule has 1 heterocycles. The Labute approximate surface area is 100 Å². The summed E-state index contributed by atoms with van der Waals surface area (Å²) in [5.74, 6) is 0.704. The van der Waals surface area contributed by atoms with E-state index in [1.54, 1.807) is 0 Å². The lowest BCUT2D eigenvalue weighted by Crippen LogP contribution is -2.40. The number of nitrogens with zero attached hydrogens (tertiary/aromatic N) is 1.